The molecular formula is C12H19ClN2O3S. The Hall–Kier alpha value is -0.660. The van der Waals surface area contributed by atoms with E-state index in [2.05, 4.69) is 4.72 Å². The molecular weight excluding hydrogens is 288 g/mol. The molecule has 1 rings (SSSR count). The molecule has 3 N–H and O–H groups in total. The maximum Gasteiger partial charge on any atom is 0.240 e. The van der Waals surface area contributed by atoms with Gasteiger partial charge < -0.3 is 10.5 Å². The van der Waals surface area contributed by atoms with Crippen LogP contribution < -0.4 is 10.5 Å². The van der Waals surface area contributed by atoms with Gasteiger partial charge in [-0.1, -0.05) is 18.5 Å². The maximum atomic E-state index is 12.1. The van der Waals surface area contributed by atoms with Crippen molar-refractivity contribution in [1.82, 2.24) is 4.72 Å². The van der Waals surface area contributed by atoms with Crippen LogP contribution in [0.25, 0.3) is 0 Å². The van der Waals surface area contributed by atoms with Gasteiger partial charge in [0.15, 0.2) is 0 Å². The molecule has 19 heavy (non-hydrogen) atoms. The van der Waals surface area contributed by atoms with Crippen LogP contribution in [0.2, 0.25) is 5.02 Å². The van der Waals surface area contributed by atoms with Crippen molar-refractivity contribution in [2.45, 2.75) is 18.4 Å². The molecule has 0 aromatic heterocycles. The predicted octanol–water partition coefficient (Wildman–Crippen LogP) is 1.36. The Morgan fingerprint density at radius 2 is 2.16 bits per heavy atom. The molecule has 0 saturated carbocycles. The van der Waals surface area contributed by atoms with Crippen molar-refractivity contribution < 1.29 is 13.2 Å². The number of rotatable bonds is 7. The lowest BCUT2D eigenvalue weighted by molar-refractivity contribution is 0.161. The zero-order chi connectivity index (χ0) is 14.5. The monoisotopic (exact) mass is 306 g/mol. The van der Waals surface area contributed by atoms with Crippen molar-refractivity contribution in [1.29, 1.82) is 0 Å². The lowest BCUT2D eigenvalue weighted by Gasteiger charge is -2.12. The van der Waals surface area contributed by atoms with Gasteiger partial charge in [0.25, 0.3) is 0 Å². The Morgan fingerprint density at radius 3 is 2.74 bits per heavy atom. The lowest BCUT2D eigenvalue weighted by atomic mass is 10.2. The van der Waals surface area contributed by atoms with Crippen LogP contribution in [-0.2, 0) is 21.3 Å². The summed E-state index contributed by atoms with van der Waals surface area (Å²) in [5, 5.41) is 0.467. The molecule has 1 atom stereocenters. The van der Waals surface area contributed by atoms with Crippen LogP contribution in [0.15, 0.2) is 23.1 Å². The summed E-state index contributed by atoms with van der Waals surface area (Å²) in [4.78, 5) is 0.168. The van der Waals surface area contributed by atoms with Gasteiger partial charge in [-0.05, 0) is 29.7 Å². The molecule has 0 aliphatic heterocycles. The second-order valence-corrected chi connectivity index (χ2v) is 6.54. The first-order chi connectivity index (χ1) is 8.90. The van der Waals surface area contributed by atoms with Crippen molar-refractivity contribution in [2.75, 3.05) is 20.3 Å². The summed E-state index contributed by atoms with van der Waals surface area (Å²) in [6, 6.07) is 4.49. The number of nitrogens with two attached hydrogens (primary N) is 1. The second-order valence-electron chi connectivity index (χ2n) is 4.37. The van der Waals surface area contributed by atoms with Gasteiger partial charge in [0.05, 0.1) is 4.90 Å². The van der Waals surface area contributed by atoms with E-state index < -0.39 is 10.0 Å². The molecule has 108 valence electrons. The summed E-state index contributed by atoms with van der Waals surface area (Å²) in [6.07, 6.45) is 0. The Kier molecular flexibility index (Phi) is 6.22. The summed E-state index contributed by atoms with van der Waals surface area (Å²) in [6.45, 7) is 2.91. The van der Waals surface area contributed by atoms with Crippen LogP contribution in [0.3, 0.4) is 0 Å². The third-order valence-electron chi connectivity index (χ3n) is 2.62. The summed E-state index contributed by atoms with van der Waals surface area (Å²) in [5.74, 6) is 0.0982. The van der Waals surface area contributed by atoms with E-state index in [1.54, 1.807) is 7.11 Å². The summed E-state index contributed by atoms with van der Waals surface area (Å²) < 4.78 is 31.7. The fourth-order valence-corrected chi connectivity index (χ4v) is 2.96. The van der Waals surface area contributed by atoms with Gasteiger partial charge >= 0.3 is 0 Å². The number of sulfonamides is 1. The van der Waals surface area contributed by atoms with Crippen LogP contribution in [-0.4, -0.2) is 28.7 Å². The molecule has 0 spiro atoms. The van der Waals surface area contributed by atoms with Gasteiger partial charge in [0, 0.05) is 31.8 Å². The SMILES string of the molecule is COCC(C)CNS(=O)(=O)c1ccc(Cl)c(CN)c1. The summed E-state index contributed by atoms with van der Waals surface area (Å²) in [7, 11) is -1.96. The Balaban J connectivity index is 2.83. The van der Waals surface area contributed by atoms with E-state index >= 15 is 0 Å². The van der Waals surface area contributed by atoms with E-state index in [0.29, 0.717) is 23.7 Å². The Labute approximate surface area is 119 Å². The van der Waals surface area contributed by atoms with Gasteiger partial charge in [-0.3, -0.25) is 0 Å². The van der Waals surface area contributed by atoms with E-state index in [1.165, 1.54) is 18.2 Å². The number of methoxy groups -OCH3 is 1. The highest BCUT2D eigenvalue weighted by atomic mass is 35.5. The number of ether oxygens (including phenoxy) is 1. The zero-order valence-corrected chi connectivity index (χ0v) is 12.6. The van der Waals surface area contributed by atoms with Gasteiger partial charge in [-0.15, -0.1) is 0 Å². The first-order valence-electron chi connectivity index (χ1n) is 5.87. The third kappa shape index (κ3) is 4.74. The van der Waals surface area contributed by atoms with E-state index in [-0.39, 0.29) is 17.4 Å². The molecule has 1 aromatic carbocycles. The normalized spacial score (nSPS) is 13.5. The first kappa shape index (κ1) is 16.4. The molecule has 1 aromatic rings. The highest BCUT2D eigenvalue weighted by Gasteiger charge is 2.16. The smallest absolute Gasteiger partial charge is 0.240 e. The largest absolute Gasteiger partial charge is 0.384 e. The molecule has 0 amide bonds. The number of hydrogen-bond donors (Lipinski definition) is 2. The number of benzene rings is 1. The average Bonchev–Trinajstić information content (AvgIpc) is 2.37. The van der Waals surface area contributed by atoms with Gasteiger partial charge in [0.1, 0.15) is 0 Å². The van der Waals surface area contributed by atoms with Crippen molar-refractivity contribution >= 4 is 21.6 Å². The maximum absolute atomic E-state index is 12.1. The molecule has 0 aliphatic rings. The van der Waals surface area contributed by atoms with Crippen LogP contribution in [0.5, 0.6) is 0 Å². The molecule has 0 saturated heterocycles. The fourth-order valence-electron chi connectivity index (χ4n) is 1.55. The van der Waals surface area contributed by atoms with Crippen LogP contribution in [0, 0.1) is 5.92 Å². The van der Waals surface area contributed by atoms with Gasteiger partial charge in [-0.2, -0.15) is 0 Å². The molecule has 0 radical (unpaired) electrons. The molecule has 0 fully saturated rings. The number of hydrogen-bond acceptors (Lipinski definition) is 4. The quantitative estimate of drug-likeness (QED) is 0.797. The molecule has 5 nitrogen and oxygen atoms in total. The van der Waals surface area contributed by atoms with Crippen molar-refractivity contribution in [3.63, 3.8) is 0 Å². The van der Waals surface area contributed by atoms with E-state index in [9.17, 15) is 8.42 Å². The minimum atomic E-state index is -3.54. The number of nitrogens with one attached hydrogen (secondary N) is 1. The van der Waals surface area contributed by atoms with Crippen LogP contribution in [0.4, 0.5) is 0 Å². The summed E-state index contributed by atoms with van der Waals surface area (Å²) in [5.41, 5.74) is 6.11. The minimum Gasteiger partial charge on any atom is -0.384 e. The molecule has 0 aliphatic carbocycles. The zero-order valence-electron chi connectivity index (χ0n) is 11.0. The van der Waals surface area contributed by atoms with E-state index in [4.69, 9.17) is 22.1 Å². The molecule has 0 bridgehead atoms. The second kappa shape index (κ2) is 7.21. The average molecular weight is 307 g/mol. The highest BCUT2D eigenvalue weighted by molar-refractivity contribution is 7.89. The van der Waals surface area contributed by atoms with E-state index in [0.717, 1.165) is 0 Å². The number of halogens is 1. The standard InChI is InChI=1S/C12H19ClN2O3S/c1-9(8-18-2)7-15-19(16,17)11-3-4-12(13)10(5-11)6-14/h3-5,9,15H,6-8,14H2,1-2H3. The Morgan fingerprint density at radius 1 is 1.47 bits per heavy atom. The van der Waals surface area contributed by atoms with Crippen molar-refractivity contribution in [3.05, 3.63) is 28.8 Å². The topological polar surface area (TPSA) is 81.4 Å². The first-order valence-corrected chi connectivity index (χ1v) is 7.74. The lowest BCUT2D eigenvalue weighted by Crippen LogP contribution is -2.30. The minimum absolute atomic E-state index is 0.0982. The van der Waals surface area contributed by atoms with E-state index in [1.807, 2.05) is 6.92 Å². The van der Waals surface area contributed by atoms with Crippen molar-refractivity contribution in [2.24, 2.45) is 11.7 Å². The predicted molar refractivity (Wildman–Crippen MR) is 75.6 cm³/mol. The molecule has 1 unspecified atom stereocenters. The van der Waals surface area contributed by atoms with Crippen molar-refractivity contribution in [3.8, 4) is 0 Å². The highest BCUT2D eigenvalue weighted by Crippen LogP contribution is 2.20. The van der Waals surface area contributed by atoms with Crippen LogP contribution in [0.1, 0.15) is 12.5 Å². The molecule has 7 heteroatoms. The fraction of sp³-hybridized carbons (Fsp3) is 0.500. The Bertz CT molecular complexity index is 520. The summed E-state index contributed by atoms with van der Waals surface area (Å²) >= 11 is 5.90. The molecule has 0 heterocycles. The third-order valence-corrected chi connectivity index (χ3v) is 4.41. The van der Waals surface area contributed by atoms with Crippen LogP contribution >= 0.6 is 11.6 Å². The van der Waals surface area contributed by atoms with Gasteiger partial charge in [0.2, 0.25) is 10.0 Å². The van der Waals surface area contributed by atoms with Gasteiger partial charge in [-0.25, -0.2) is 13.1 Å².